The molecule has 0 radical (unpaired) electrons. The number of ether oxygens (including phenoxy) is 2. The third-order valence-corrected chi connectivity index (χ3v) is 9.56. The molecule has 0 bridgehead atoms. The van der Waals surface area contributed by atoms with Gasteiger partial charge in [-0.15, -0.1) is 0 Å². The Balaban J connectivity index is 1.32. The Morgan fingerprint density at radius 1 is 0.897 bits per heavy atom. The number of benzene rings is 3. The second-order valence-corrected chi connectivity index (χ2v) is 15.9. The third-order valence-electron chi connectivity index (χ3n) is 9.56. The summed E-state index contributed by atoms with van der Waals surface area (Å²) in [7, 11) is 0. The van der Waals surface area contributed by atoms with Gasteiger partial charge in [0.05, 0.1) is 19.5 Å². The minimum absolute atomic E-state index is 0.00192. The second-order valence-electron chi connectivity index (χ2n) is 15.9. The van der Waals surface area contributed by atoms with E-state index in [1.165, 1.54) is 37.0 Å². The Labute approximate surface area is 336 Å². The molecular formula is C43H50F2N6O7. The van der Waals surface area contributed by atoms with Crippen LogP contribution in [0.5, 0.6) is 0 Å². The number of piperidine rings is 1. The lowest BCUT2D eigenvalue weighted by Gasteiger charge is -2.34. The van der Waals surface area contributed by atoms with Gasteiger partial charge in [-0.05, 0) is 77.6 Å². The number of aryl methyl sites for hydroxylation is 1. The summed E-state index contributed by atoms with van der Waals surface area (Å²) in [6, 6.07) is 17.2. The fourth-order valence-corrected chi connectivity index (χ4v) is 6.38. The van der Waals surface area contributed by atoms with Crippen LogP contribution in [-0.2, 0) is 30.5 Å². The van der Waals surface area contributed by atoms with E-state index < -0.39 is 58.7 Å². The van der Waals surface area contributed by atoms with Crippen LogP contribution in [0.3, 0.4) is 0 Å². The maximum atomic E-state index is 14.6. The molecule has 0 spiro atoms. The lowest BCUT2D eigenvalue weighted by atomic mass is 9.88. The molecule has 2 atom stereocenters. The van der Waals surface area contributed by atoms with Gasteiger partial charge in [-0.2, -0.15) is 0 Å². The number of ketones is 1. The van der Waals surface area contributed by atoms with Crippen LogP contribution in [0, 0.1) is 24.5 Å². The fraction of sp³-hybridized carbons (Fsp3) is 0.395. The zero-order valence-corrected chi connectivity index (χ0v) is 33.5. The molecule has 308 valence electrons. The van der Waals surface area contributed by atoms with Crippen LogP contribution in [0.15, 0.2) is 85.3 Å². The molecule has 1 aliphatic heterocycles. The summed E-state index contributed by atoms with van der Waals surface area (Å²) in [6.45, 7) is 10.3. The molecule has 1 aliphatic rings. The lowest BCUT2D eigenvalue weighted by molar-refractivity contribution is -0.134. The first-order chi connectivity index (χ1) is 27.4. The Bertz CT molecular complexity index is 2090. The standard InChI is InChI=1S/C43H50F2N6O7/c1-27-12-14-29(15-13-27)37(52)30-18-20-50(21-19-30)39(54)36(31-16-17-32(44)33(45)22-31)51-23-35(46-26-51)48-38(53)34(25-57-24-28-10-8-7-9-11-28)47-40(55)43(5,6)49-41(56)58-42(2,3)4/h7-17,22-23,26,30,34,36H,18-21,24-25H2,1-6H3,(H,47,55)(H,48,53)(H,49,56)/t34-,36?/m1/s1. The van der Waals surface area contributed by atoms with Crippen molar-refractivity contribution in [3.8, 4) is 0 Å². The monoisotopic (exact) mass is 800 g/mol. The smallest absolute Gasteiger partial charge is 0.408 e. The first-order valence-corrected chi connectivity index (χ1v) is 19.0. The predicted molar refractivity (Wildman–Crippen MR) is 212 cm³/mol. The van der Waals surface area contributed by atoms with E-state index in [1.54, 1.807) is 37.8 Å². The number of amides is 4. The van der Waals surface area contributed by atoms with Crippen LogP contribution in [0.1, 0.15) is 80.6 Å². The highest BCUT2D eigenvalue weighted by molar-refractivity contribution is 5.99. The lowest BCUT2D eigenvalue weighted by Crippen LogP contribution is -2.59. The Morgan fingerprint density at radius 3 is 2.21 bits per heavy atom. The number of aromatic nitrogens is 2. The topological polar surface area (TPSA) is 161 Å². The Hall–Kier alpha value is -5.96. The number of Topliss-reactive ketones (excluding diaryl/α,β-unsaturated/α-hetero) is 1. The van der Waals surface area contributed by atoms with Crippen molar-refractivity contribution in [2.75, 3.05) is 25.0 Å². The van der Waals surface area contributed by atoms with Gasteiger partial charge in [-0.1, -0.05) is 66.2 Å². The number of anilines is 1. The number of halogens is 2. The first-order valence-electron chi connectivity index (χ1n) is 19.0. The van der Waals surface area contributed by atoms with Crippen molar-refractivity contribution in [3.63, 3.8) is 0 Å². The Kier molecular flexibility index (Phi) is 13.8. The minimum Gasteiger partial charge on any atom is -0.444 e. The molecular weight excluding hydrogens is 751 g/mol. The molecule has 1 aromatic heterocycles. The number of carbonyl (C=O) groups excluding carboxylic acids is 5. The molecule has 4 amide bonds. The quantitative estimate of drug-likeness (QED) is 0.129. The summed E-state index contributed by atoms with van der Waals surface area (Å²) in [6.07, 6.45) is 2.65. The van der Waals surface area contributed by atoms with Crippen molar-refractivity contribution in [1.82, 2.24) is 25.1 Å². The van der Waals surface area contributed by atoms with Crippen LogP contribution < -0.4 is 16.0 Å². The maximum absolute atomic E-state index is 14.6. The molecule has 2 heterocycles. The zero-order chi connectivity index (χ0) is 42.2. The van der Waals surface area contributed by atoms with Crippen molar-refractivity contribution < 1.29 is 42.2 Å². The normalized spacial score (nSPS) is 14.6. The molecule has 0 saturated carbocycles. The van der Waals surface area contributed by atoms with Gasteiger partial charge in [0.1, 0.15) is 23.2 Å². The SMILES string of the molecule is Cc1ccc(C(=O)C2CCN(C(=O)C(c3ccc(F)c(F)c3)n3cnc(NC(=O)[C@@H](COCc4ccccc4)NC(=O)C(C)(C)NC(=O)OC(C)(C)C)c3)CC2)cc1. The van der Waals surface area contributed by atoms with Crippen LogP contribution in [0.25, 0.3) is 0 Å². The number of imidazole rings is 1. The van der Waals surface area contributed by atoms with Gasteiger partial charge < -0.3 is 34.9 Å². The number of nitrogens with zero attached hydrogens (tertiary/aromatic N) is 3. The van der Waals surface area contributed by atoms with E-state index in [9.17, 15) is 32.8 Å². The van der Waals surface area contributed by atoms with Crippen molar-refractivity contribution >= 4 is 35.4 Å². The van der Waals surface area contributed by atoms with E-state index in [4.69, 9.17) is 9.47 Å². The highest BCUT2D eigenvalue weighted by atomic mass is 19.2. The van der Waals surface area contributed by atoms with Gasteiger partial charge >= 0.3 is 6.09 Å². The molecule has 13 nitrogen and oxygen atoms in total. The average molecular weight is 801 g/mol. The molecule has 1 unspecified atom stereocenters. The van der Waals surface area contributed by atoms with Crippen molar-refractivity contribution in [2.24, 2.45) is 5.92 Å². The first kappa shape index (κ1) is 43.2. The van der Waals surface area contributed by atoms with Crippen LogP contribution in [-0.4, -0.2) is 80.9 Å². The predicted octanol–water partition coefficient (Wildman–Crippen LogP) is 6.12. The van der Waals surface area contributed by atoms with E-state index in [0.717, 1.165) is 23.3 Å². The summed E-state index contributed by atoms with van der Waals surface area (Å²) in [5.74, 6) is -4.41. The third kappa shape index (κ3) is 11.6. The molecule has 1 fully saturated rings. The highest BCUT2D eigenvalue weighted by Crippen LogP contribution is 2.28. The number of hydrogen-bond acceptors (Lipinski definition) is 8. The number of rotatable bonds is 14. The average Bonchev–Trinajstić information content (AvgIpc) is 3.62. The van der Waals surface area contributed by atoms with E-state index in [0.29, 0.717) is 18.4 Å². The second kappa shape index (κ2) is 18.5. The summed E-state index contributed by atoms with van der Waals surface area (Å²) >= 11 is 0. The van der Waals surface area contributed by atoms with Gasteiger partial charge in [0.25, 0.3) is 5.91 Å². The largest absolute Gasteiger partial charge is 0.444 e. The van der Waals surface area contributed by atoms with Crippen molar-refractivity contribution in [2.45, 2.75) is 84.2 Å². The summed E-state index contributed by atoms with van der Waals surface area (Å²) < 4.78 is 41.2. The number of nitrogens with one attached hydrogen (secondary N) is 3. The van der Waals surface area contributed by atoms with Gasteiger partial charge in [0.2, 0.25) is 11.8 Å². The number of alkyl carbamates (subject to hydrolysis) is 1. The number of carbonyl (C=O) groups is 5. The van der Waals surface area contributed by atoms with Crippen LogP contribution in [0.2, 0.25) is 0 Å². The molecule has 15 heteroatoms. The van der Waals surface area contributed by atoms with Crippen LogP contribution >= 0.6 is 0 Å². The van der Waals surface area contributed by atoms with Crippen LogP contribution in [0.4, 0.5) is 19.4 Å². The molecule has 4 aromatic rings. The van der Waals surface area contributed by atoms with E-state index in [-0.39, 0.29) is 49.4 Å². The van der Waals surface area contributed by atoms with E-state index >= 15 is 0 Å². The van der Waals surface area contributed by atoms with Crippen molar-refractivity contribution in [3.05, 3.63) is 119 Å². The molecule has 1 saturated heterocycles. The van der Waals surface area contributed by atoms with E-state index in [2.05, 4.69) is 20.9 Å². The number of likely N-dealkylation sites (tertiary alicyclic amines) is 1. The molecule has 5 rings (SSSR count). The maximum Gasteiger partial charge on any atom is 0.408 e. The summed E-state index contributed by atoms with van der Waals surface area (Å²) in [5, 5.41) is 7.81. The zero-order valence-electron chi connectivity index (χ0n) is 33.5. The van der Waals surface area contributed by atoms with Gasteiger partial charge in [0.15, 0.2) is 23.2 Å². The molecule has 3 aromatic carbocycles. The highest BCUT2D eigenvalue weighted by Gasteiger charge is 2.36. The minimum atomic E-state index is -1.51. The fourth-order valence-electron chi connectivity index (χ4n) is 6.38. The van der Waals surface area contributed by atoms with Gasteiger partial charge in [-0.3, -0.25) is 19.2 Å². The summed E-state index contributed by atoms with van der Waals surface area (Å²) in [4.78, 5) is 73.0. The van der Waals surface area contributed by atoms with Gasteiger partial charge in [-0.25, -0.2) is 18.6 Å². The van der Waals surface area contributed by atoms with Gasteiger partial charge in [0, 0.05) is 30.8 Å². The molecule has 3 N–H and O–H groups in total. The van der Waals surface area contributed by atoms with E-state index in [1.807, 2.05) is 49.4 Å². The molecule has 58 heavy (non-hydrogen) atoms. The molecule has 0 aliphatic carbocycles. The summed E-state index contributed by atoms with van der Waals surface area (Å²) in [5.41, 5.74) is 0.276. The Morgan fingerprint density at radius 2 is 1.57 bits per heavy atom. The number of hydrogen-bond donors (Lipinski definition) is 3. The van der Waals surface area contributed by atoms with Crippen molar-refractivity contribution in [1.29, 1.82) is 0 Å².